The zero-order chi connectivity index (χ0) is 28.6. The molecule has 0 bridgehead atoms. The first-order valence-electron chi connectivity index (χ1n) is 11.3. The first kappa shape index (κ1) is 27.6. The Bertz CT molecular complexity index is 1760. The number of hydrogen-bond acceptors (Lipinski definition) is 6. The third-order valence-electron chi connectivity index (χ3n) is 5.62. The van der Waals surface area contributed by atoms with Crippen LogP contribution in [0.15, 0.2) is 71.3 Å². The summed E-state index contributed by atoms with van der Waals surface area (Å²) in [6, 6.07) is 15.5. The maximum absolute atomic E-state index is 13.7. The van der Waals surface area contributed by atoms with E-state index in [1.807, 2.05) is 0 Å². The molecule has 5 rings (SSSR count). The van der Waals surface area contributed by atoms with E-state index in [2.05, 4.69) is 31.3 Å². The van der Waals surface area contributed by atoms with Crippen molar-refractivity contribution in [2.45, 2.75) is 12.9 Å². The lowest BCUT2D eigenvalue weighted by atomic mass is 10.0. The maximum atomic E-state index is 13.7. The molecular weight excluding hydrogens is 635 g/mol. The summed E-state index contributed by atoms with van der Waals surface area (Å²) in [5, 5.41) is 7.48. The molecule has 0 fully saturated rings. The van der Waals surface area contributed by atoms with E-state index >= 15 is 0 Å². The molecule has 2 aromatic carbocycles. The van der Waals surface area contributed by atoms with Gasteiger partial charge in [0.05, 0.1) is 10.2 Å². The summed E-state index contributed by atoms with van der Waals surface area (Å²) in [5.74, 6) is -1.15. The van der Waals surface area contributed by atoms with Crippen LogP contribution in [0, 0.1) is 0 Å². The van der Waals surface area contributed by atoms with Gasteiger partial charge in [0.2, 0.25) is 0 Å². The number of hydrogen-bond donors (Lipinski definition) is 2. The zero-order valence-electron chi connectivity index (χ0n) is 20.0. The number of nitrogens with zero attached hydrogens (tertiary/aromatic N) is 3. The topological polar surface area (TPSA) is 112 Å². The number of nitrogens with two attached hydrogens (primary N) is 1. The van der Waals surface area contributed by atoms with Crippen molar-refractivity contribution < 1.29 is 27.5 Å². The molecule has 204 valence electrons. The van der Waals surface area contributed by atoms with Crippen LogP contribution in [0.25, 0.3) is 21.3 Å². The van der Waals surface area contributed by atoms with E-state index in [1.165, 1.54) is 16.9 Å². The molecule has 14 heteroatoms. The fraction of sp³-hybridized carbons (Fsp3) is 0.0769. The monoisotopic (exact) mass is 649 g/mol. The number of benzene rings is 2. The van der Waals surface area contributed by atoms with Gasteiger partial charge in [0.25, 0.3) is 11.8 Å². The highest BCUT2D eigenvalue weighted by molar-refractivity contribution is 9.10. The van der Waals surface area contributed by atoms with E-state index in [4.69, 9.17) is 22.1 Å². The van der Waals surface area contributed by atoms with Crippen molar-refractivity contribution >= 4 is 66.6 Å². The molecule has 0 saturated carbocycles. The molecule has 8 nitrogen and oxygen atoms in total. The third-order valence-corrected chi connectivity index (χ3v) is 7.57. The predicted molar refractivity (Wildman–Crippen MR) is 149 cm³/mol. The summed E-state index contributed by atoms with van der Waals surface area (Å²) in [6.07, 6.45) is -3.24. The molecular formula is C26H16BrClF3N5O3S. The van der Waals surface area contributed by atoms with E-state index < -0.39 is 23.7 Å². The quantitative estimate of drug-likeness (QED) is 0.197. The van der Waals surface area contributed by atoms with E-state index in [9.17, 15) is 22.8 Å². The van der Waals surface area contributed by atoms with E-state index in [0.717, 1.165) is 6.07 Å². The Hall–Kier alpha value is -3.94. The summed E-state index contributed by atoms with van der Waals surface area (Å²) in [7, 11) is 0. The summed E-state index contributed by atoms with van der Waals surface area (Å²) in [6.45, 7) is -0.0380. The molecule has 3 aromatic heterocycles. The molecule has 0 radical (unpaired) electrons. The van der Waals surface area contributed by atoms with Crippen molar-refractivity contribution in [3.63, 3.8) is 0 Å². The summed E-state index contributed by atoms with van der Waals surface area (Å²) < 4.78 is 48.7. The molecule has 2 amide bonds. The minimum atomic E-state index is -4.74. The Morgan fingerprint density at radius 2 is 1.88 bits per heavy atom. The van der Waals surface area contributed by atoms with Crippen molar-refractivity contribution in [2.75, 3.05) is 5.32 Å². The minimum Gasteiger partial charge on any atom is -0.470 e. The van der Waals surface area contributed by atoms with Crippen molar-refractivity contribution in [2.24, 2.45) is 5.73 Å². The van der Waals surface area contributed by atoms with Crippen molar-refractivity contribution in [3.8, 4) is 16.9 Å². The van der Waals surface area contributed by atoms with E-state index in [1.54, 1.807) is 48.5 Å². The molecule has 0 unspecified atom stereocenters. The third kappa shape index (κ3) is 5.67. The van der Waals surface area contributed by atoms with E-state index in [-0.39, 0.29) is 38.8 Å². The summed E-state index contributed by atoms with van der Waals surface area (Å²) in [4.78, 5) is 29.0. The lowest BCUT2D eigenvalue weighted by Gasteiger charge is -2.12. The highest BCUT2D eigenvalue weighted by Gasteiger charge is 2.35. The van der Waals surface area contributed by atoms with Gasteiger partial charge in [-0.25, -0.2) is 9.67 Å². The second-order valence-corrected chi connectivity index (χ2v) is 10.6. The van der Waals surface area contributed by atoms with Gasteiger partial charge < -0.3 is 15.8 Å². The van der Waals surface area contributed by atoms with Crippen LogP contribution in [0.4, 0.5) is 18.9 Å². The standard InChI is InChI=1S/C26H16BrClF3N5O3S/c27-16-10-14(28)6-7-18(16)39-12-36-9-8-17(35-36)24(38)34-21-20-15(13-4-2-1-3-5-13)11-19(26(29,30)31)33-25(20)40-22(21)23(32)37/h1-11H,12H2,(H2,32,37)(H,34,38). The highest BCUT2D eigenvalue weighted by Crippen LogP contribution is 2.43. The zero-order valence-corrected chi connectivity index (χ0v) is 23.2. The molecule has 0 aliphatic rings. The Kier molecular flexibility index (Phi) is 7.53. The molecule has 0 saturated heterocycles. The van der Waals surface area contributed by atoms with Gasteiger partial charge in [-0.05, 0) is 57.4 Å². The number of primary amides is 1. The van der Waals surface area contributed by atoms with Gasteiger partial charge in [-0.3, -0.25) is 9.59 Å². The number of aromatic nitrogens is 3. The molecule has 0 spiro atoms. The number of carbonyl (C=O) groups excluding carboxylic acids is 2. The fourth-order valence-corrected chi connectivity index (χ4v) is 5.65. The number of carbonyl (C=O) groups is 2. The van der Waals surface area contributed by atoms with Crippen LogP contribution in [0.1, 0.15) is 25.9 Å². The SMILES string of the molecule is NC(=O)c1sc2nc(C(F)(F)F)cc(-c3ccccc3)c2c1NC(=O)c1ccn(COc2ccc(Cl)cc2Br)n1. The normalized spacial score (nSPS) is 11.5. The van der Waals surface area contributed by atoms with Gasteiger partial charge >= 0.3 is 6.18 Å². The first-order valence-corrected chi connectivity index (χ1v) is 13.3. The number of ether oxygens (including phenoxy) is 1. The van der Waals surface area contributed by atoms with Gasteiger partial charge in [0.15, 0.2) is 12.4 Å². The van der Waals surface area contributed by atoms with Gasteiger partial charge in [-0.15, -0.1) is 11.3 Å². The number of fused-ring (bicyclic) bond motifs is 1. The van der Waals surface area contributed by atoms with E-state index in [0.29, 0.717) is 32.1 Å². The number of thiophene rings is 1. The van der Waals surface area contributed by atoms with Gasteiger partial charge in [0.1, 0.15) is 21.2 Å². The van der Waals surface area contributed by atoms with Crippen molar-refractivity contribution in [1.82, 2.24) is 14.8 Å². The minimum absolute atomic E-state index is 0.0327. The van der Waals surface area contributed by atoms with Crippen LogP contribution >= 0.6 is 38.9 Å². The Balaban J connectivity index is 1.50. The van der Waals surface area contributed by atoms with Crippen LogP contribution in [0.5, 0.6) is 5.75 Å². The molecule has 0 aliphatic carbocycles. The Labute approximate surface area is 241 Å². The summed E-state index contributed by atoms with van der Waals surface area (Å²) >= 11 is 9.95. The number of amides is 2. The first-order chi connectivity index (χ1) is 19.0. The highest BCUT2D eigenvalue weighted by atomic mass is 79.9. The molecule has 0 aliphatic heterocycles. The number of alkyl halides is 3. The van der Waals surface area contributed by atoms with Gasteiger partial charge in [-0.1, -0.05) is 41.9 Å². The van der Waals surface area contributed by atoms with Gasteiger partial charge in [0, 0.05) is 16.6 Å². The molecule has 3 N–H and O–H groups in total. The van der Waals surface area contributed by atoms with Crippen LogP contribution in [-0.4, -0.2) is 26.6 Å². The van der Waals surface area contributed by atoms with Crippen molar-refractivity contribution in [3.05, 3.63) is 92.6 Å². The average molecular weight is 651 g/mol. The second kappa shape index (κ2) is 10.9. The maximum Gasteiger partial charge on any atom is 0.433 e. The lowest BCUT2D eigenvalue weighted by Crippen LogP contribution is -2.18. The lowest BCUT2D eigenvalue weighted by molar-refractivity contribution is -0.140. The van der Waals surface area contributed by atoms with Crippen LogP contribution < -0.4 is 15.8 Å². The summed E-state index contributed by atoms with van der Waals surface area (Å²) in [5.41, 5.74) is 4.89. The second-order valence-electron chi connectivity index (χ2n) is 8.31. The fourth-order valence-electron chi connectivity index (χ4n) is 3.84. The number of nitrogens with one attached hydrogen (secondary N) is 1. The predicted octanol–water partition coefficient (Wildman–Crippen LogP) is 6.98. The number of rotatable bonds is 7. The number of halogens is 5. The number of pyridine rings is 1. The Morgan fingerprint density at radius 1 is 1.12 bits per heavy atom. The largest absolute Gasteiger partial charge is 0.470 e. The van der Waals surface area contributed by atoms with Crippen LogP contribution in [-0.2, 0) is 12.9 Å². The van der Waals surface area contributed by atoms with Crippen LogP contribution in [0.3, 0.4) is 0 Å². The molecule has 40 heavy (non-hydrogen) atoms. The van der Waals surface area contributed by atoms with Crippen LogP contribution in [0.2, 0.25) is 5.02 Å². The number of anilines is 1. The van der Waals surface area contributed by atoms with Gasteiger partial charge in [-0.2, -0.15) is 18.3 Å². The molecule has 0 atom stereocenters. The smallest absolute Gasteiger partial charge is 0.433 e. The molecule has 5 aromatic rings. The van der Waals surface area contributed by atoms with Crippen molar-refractivity contribution in [1.29, 1.82) is 0 Å². The Morgan fingerprint density at radius 3 is 2.55 bits per heavy atom. The average Bonchev–Trinajstić information content (AvgIpc) is 3.53. The molecule has 3 heterocycles.